The normalized spacial score (nSPS) is 10.3. The Morgan fingerprint density at radius 1 is 1.39 bits per heavy atom. The van der Waals surface area contributed by atoms with Gasteiger partial charge in [-0.05, 0) is 31.2 Å². The van der Waals surface area contributed by atoms with Gasteiger partial charge >= 0.3 is 5.97 Å². The van der Waals surface area contributed by atoms with Crippen LogP contribution >= 0.6 is 11.6 Å². The van der Waals surface area contributed by atoms with Gasteiger partial charge in [0, 0.05) is 10.6 Å². The van der Waals surface area contributed by atoms with Crippen molar-refractivity contribution in [1.82, 2.24) is 4.98 Å². The molecule has 0 unspecified atom stereocenters. The maximum absolute atomic E-state index is 11.3. The average Bonchev–Trinajstić information content (AvgIpc) is 2.78. The topological polar surface area (TPSA) is 52.3 Å². The Bertz CT molecular complexity index is 533. The van der Waals surface area contributed by atoms with E-state index >= 15 is 0 Å². The Kier molecular flexibility index (Phi) is 3.99. The molecule has 1 aromatic heterocycles. The van der Waals surface area contributed by atoms with E-state index in [1.54, 1.807) is 19.1 Å². The summed E-state index contributed by atoms with van der Waals surface area (Å²) in [6.07, 6.45) is 1.62. The van der Waals surface area contributed by atoms with Crippen molar-refractivity contribution >= 4 is 17.6 Å². The molecule has 5 heteroatoms. The zero-order valence-corrected chi connectivity index (χ0v) is 10.6. The van der Waals surface area contributed by atoms with Gasteiger partial charge in [0.2, 0.25) is 5.89 Å². The Labute approximate surface area is 110 Å². The van der Waals surface area contributed by atoms with Crippen molar-refractivity contribution in [3.8, 4) is 11.5 Å². The van der Waals surface area contributed by atoms with Gasteiger partial charge in [-0.2, -0.15) is 0 Å². The summed E-state index contributed by atoms with van der Waals surface area (Å²) in [5.74, 6) is 0.626. The van der Waals surface area contributed by atoms with Crippen LogP contribution in [-0.2, 0) is 16.0 Å². The quantitative estimate of drug-likeness (QED) is 0.797. The molecule has 18 heavy (non-hydrogen) atoms. The lowest BCUT2D eigenvalue weighted by Crippen LogP contribution is -2.06. The second-order valence-corrected chi connectivity index (χ2v) is 4.06. The van der Waals surface area contributed by atoms with Crippen molar-refractivity contribution in [2.24, 2.45) is 0 Å². The first-order valence-electron chi connectivity index (χ1n) is 5.55. The molecule has 0 amide bonds. The van der Waals surface area contributed by atoms with E-state index in [1.165, 1.54) is 6.20 Å². The van der Waals surface area contributed by atoms with Crippen LogP contribution in [-0.4, -0.2) is 17.6 Å². The van der Waals surface area contributed by atoms with E-state index in [0.29, 0.717) is 23.3 Å². The fourth-order valence-electron chi connectivity index (χ4n) is 1.47. The maximum Gasteiger partial charge on any atom is 0.313 e. The van der Waals surface area contributed by atoms with Gasteiger partial charge < -0.3 is 9.15 Å². The predicted octanol–water partition coefficient (Wildman–Crippen LogP) is 3.10. The first kappa shape index (κ1) is 12.6. The summed E-state index contributed by atoms with van der Waals surface area (Å²) >= 11 is 5.80. The van der Waals surface area contributed by atoms with Gasteiger partial charge in [-0.3, -0.25) is 4.79 Å². The molecule has 0 aliphatic heterocycles. The zero-order valence-electron chi connectivity index (χ0n) is 9.85. The third kappa shape index (κ3) is 3.11. The van der Waals surface area contributed by atoms with Crippen molar-refractivity contribution in [2.45, 2.75) is 13.3 Å². The van der Waals surface area contributed by atoms with Gasteiger partial charge in [-0.25, -0.2) is 4.98 Å². The molecule has 1 aromatic carbocycles. The number of aromatic nitrogens is 1. The number of carbonyl (C=O) groups is 1. The highest BCUT2D eigenvalue weighted by molar-refractivity contribution is 6.30. The lowest BCUT2D eigenvalue weighted by molar-refractivity contribution is -0.142. The second kappa shape index (κ2) is 5.69. The molecule has 0 radical (unpaired) electrons. The smallest absolute Gasteiger partial charge is 0.313 e. The Morgan fingerprint density at radius 2 is 2.11 bits per heavy atom. The van der Waals surface area contributed by atoms with Crippen LogP contribution in [0.3, 0.4) is 0 Å². The predicted molar refractivity (Wildman–Crippen MR) is 67.3 cm³/mol. The van der Waals surface area contributed by atoms with Gasteiger partial charge in [0.05, 0.1) is 12.8 Å². The lowest BCUT2D eigenvalue weighted by Gasteiger charge is -1.98. The zero-order chi connectivity index (χ0) is 13.0. The molecule has 0 aliphatic rings. The van der Waals surface area contributed by atoms with Crippen LogP contribution in [0.25, 0.3) is 11.5 Å². The van der Waals surface area contributed by atoms with Crippen molar-refractivity contribution in [1.29, 1.82) is 0 Å². The average molecular weight is 266 g/mol. The van der Waals surface area contributed by atoms with Crippen molar-refractivity contribution < 1.29 is 13.9 Å². The van der Waals surface area contributed by atoms with E-state index < -0.39 is 0 Å². The molecule has 94 valence electrons. The van der Waals surface area contributed by atoms with Crippen LogP contribution in [0.1, 0.15) is 12.7 Å². The summed E-state index contributed by atoms with van der Waals surface area (Å²) in [5.41, 5.74) is 0.814. The van der Waals surface area contributed by atoms with Crippen molar-refractivity contribution in [2.75, 3.05) is 6.61 Å². The minimum absolute atomic E-state index is 0.0917. The molecule has 0 spiro atoms. The number of halogens is 1. The van der Waals surface area contributed by atoms with Gasteiger partial charge in [-0.15, -0.1) is 0 Å². The van der Waals surface area contributed by atoms with E-state index in [0.717, 1.165) is 5.56 Å². The van der Waals surface area contributed by atoms with Crippen LogP contribution in [0.15, 0.2) is 34.9 Å². The van der Waals surface area contributed by atoms with Crippen LogP contribution in [0, 0.1) is 0 Å². The van der Waals surface area contributed by atoms with Crippen LogP contribution in [0.2, 0.25) is 5.02 Å². The highest BCUT2D eigenvalue weighted by atomic mass is 35.5. The summed E-state index contributed by atoms with van der Waals surface area (Å²) in [5, 5.41) is 0.650. The molecule has 0 aliphatic carbocycles. The van der Waals surface area contributed by atoms with E-state index in [-0.39, 0.29) is 12.4 Å². The largest absolute Gasteiger partial charge is 0.466 e. The van der Waals surface area contributed by atoms with E-state index in [4.69, 9.17) is 20.8 Å². The summed E-state index contributed by atoms with van der Waals surface area (Å²) in [6, 6.07) is 7.13. The molecule has 0 bridgehead atoms. The Balaban J connectivity index is 2.10. The van der Waals surface area contributed by atoms with Crippen LogP contribution in [0.4, 0.5) is 0 Å². The molecule has 0 saturated heterocycles. The number of hydrogen-bond acceptors (Lipinski definition) is 4. The monoisotopic (exact) mass is 265 g/mol. The summed E-state index contributed by atoms with van der Waals surface area (Å²) in [4.78, 5) is 15.4. The third-order valence-corrected chi connectivity index (χ3v) is 2.52. The fourth-order valence-corrected chi connectivity index (χ4v) is 1.60. The molecule has 2 aromatic rings. The molecule has 0 saturated carbocycles. The maximum atomic E-state index is 11.3. The molecule has 0 fully saturated rings. The Morgan fingerprint density at radius 3 is 2.78 bits per heavy atom. The van der Waals surface area contributed by atoms with Gasteiger partial charge in [0.1, 0.15) is 12.2 Å². The highest BCUT2D eigenvalue weighted by Gasteiger charge is 2.10. The number of carbonyl (C=O) groups excluding carboxylic acids is 1. The number of rotatable bonds is 4. The molecule has 2 rings (SSSR count). The van der Waals surface area contributed by atoms with Crippen LogP contribution < -0.4 is 0 Å². The molecule has 4 nitrogen and oxygen atoms in total. The standard InChI is InChI=1S/C13H12ClNO3/c1-2-17-12(16)7-11-8-15-13(18-11)9-3-5-10(14)6-4-9/h3-6,8H,2,7H2,1H3. The van der Waals surface area contributed by atoms with Gasteiger partial charge in [0.15, 0.2) is 0 Å². The van der Waals surface area contributed by atoms with E-state index in [9.17, 15) is 4.79 Å². The van der Waals surface area contributed by atoms with Crippen molar-refractivity contribution in [3.05, 3.63) is 41.2 Å². The molecular weight excluding hydrogens is 254 g/mol. The highest BCUT2D eigenvalue weighted by Crippen LogP contribution is 2.21. The summed E-state index contributed by atoms with van der Waals surface area (Å²) in [6.45, 7) is 2.12. The Hall–Kier alpha value is -1.81. The number of esters is 1. The molecular formula is C13H12ClNO3. The second-order valence-electron chi connectivity index (χ2n) is 3.62. The minimum atomic E-state index is -0.323. The van der Waals surface area contributed by atoms with E-state index in [1.807, 2.05) is 12.1 Å². The number of nitrogens with zero attached hydrogens (tertiary/aromatic N) is 1. The molecule has 0 N–H and O–H groups in total. The summed E-state index contributed by atoms with van der Waals surface area (Å²) < 4.78 is 10.3. The first-order valence-corrected chi connectivity index (χ1v) is 5.93. The minimum Gasteiger partial charge on any atom is -0.466 e. The van der Waals surface area contributed by atoms with Gasteiger partial charge in [-0.1, -0.05) is 11.6 Å². The molecule has 1 heterocycles. The lowest BCUT2D eigenvalue weighted by atomic mass is 10.2. The number of benzene rings is 1. The van der Waals surface area contributed by atoms with E-state index in [2.05, 4.69) is 4.98 Å². The third-order valence-electron chi connectivity index (χ3n) is 2.27. The number of ether oxygens (including phenoxy) is 1. The van der Waals surface area contributed by atoms with Crippen molar-refractivity contribution in [3.63, 3.8) is 0 Å². The van der Waals surface area contributed by atoms with Gasteiger partial charge in [0.25, 0.3) is 0 Å². The summed E-state index contributed by atoms with van der Waals surface area (Å²) in [7, 11) is 0. The number of hydrogen-bond donors (Lipinski definition) is 0. The molecule has 0 atom stereocenters. The van der Waals surface area contributed by atoms with Crippen LogP contribution in [0.5, 0.6) is 0 Å². The number of oxazole rings is 1. The fraction of sp³-hybridized carbons (Fsp3) is 0.231. The SMILES string of the molecule is CCOC(=O)Cc1cnc(-c2ccc(Cl)cc2)o1. The first-order chi connectivity index (χ1) is 8.69.